The van der Waals surface area contributed by atoms with Crippen LogP contribution in [0.1, 0.15) is 32.9 Å². The summed E-state index contributed by atoms with van der Waals surface area (Å²) in [5, 5.41) is 7.49. The molecule has 2 aromatic carbocycles. The van der Waals surface area contributed by atoms with E-state index in [2.05, 4.69) is 34.5 Å². The van der Waals surface area contributed by atoms with Gasteiger partial charge in [0.25, 0.3) is 5.91 Å². The van der Waals surface area contributed by atoms with Gasteiger partial charge in [0, 0.05) is 36.2 Å². The molecule has 1 atom stereocenters. The fourth-order valence-corrected chi connectivity index (χ4v) is 4.24. The predicted molar refractivity (Wildman–Crippen MR) is 114 cm³/mol. The van der Waals surface area contributed by atoms with Crippen molar-refractivity contribution < 1.29 is 14.3 Å². The summed E-state index contributed by atoms with van der Waals surface area (Å²) in [4.78, 5) is 14.4. The van der Waals surface area contributed by atoms with Crippen molar-refractivity contribution in [2.24, 2.45) is 0 Å². The van der Waals surface area contributed by atoms with Crippen molar-refractivity contribution in [1.82, 2.24) is 15.1 Å². The lowest BCUT2D eigenvalue weighted by Gasteiger charge is -2.34. The highest BCUT2D eigenvalue weighted by Crippen LogP contribution is 2.44. The molecule has 1 aliphatic heterocycles. The molecule has 1 aromatic heterocycles. The van der Waals surface area contributed by atoms with Gasteiger partial charge in [-0.3, -0.25) is 9.89 Å². The van der Waals surface area contributed by atoms with Crippen molar-refractivity contribution in [3.8, 4) is 11.5 Å². The van der Waals surface area contributed by atoms with Crippen LogP contribution in [0.2, 0.25) is 0 Å². The van der Waals surface area contributed by atoms with Crippen LogP contribution in [0.5, 0.6) is 11.5 Å². The van der Waals surface area contributed by atoms with Crippen molar-refractivity contribution in [3.63, 3.8) is 0 Å². The molecule has 152 valence electrons. The largest absolute Gasteiger partial charge is 0.493 e. The molecular formula is C24H23N3O3. The minimum atomic E-state index is -0.416. The molecule has 1 unspecified atom stereocenters. The number of aromatic amines is 1. The van der Waals surface area contributed by atoms with Crippen molar-refractivity contribution in [1.29, 1.82) is 0 Å². The molecule has 3 aromatic rings. The number of rotatable bonds is 5. The second kappa shape index (κ2) is 7.06. The number of hydrogen-bond acceptors (Lipinski definition) is 4. The van der Waals surface area contributed by atoms with E-state index in [9.17, 15) is 4.79 Å². The topological polar surface area (TPSA) is 67.2 Å². The van der Waals surface area contributed by atoms with E-state index in [1.165, 1.54) is 0 Å². The third-order valence-corrected chi connectivity index (χ3v) is 6.00. The molecule has 0 saturated carbocycles. The van der Waals surface area contributed by atoms with E-state index < -0.39 is 5.41 Å². The summed E-state index contributed by atoms with van der Waals surface area (Å²) in [6.45, 7) is 1.62. The Labute approximate surface area is 175 Å². The standard InChI is InChI=1S/C24H23N3O3/c1-29-20-9-8-17(14-21(20)30-2)24(16-6-4-3-5-7-16)11-10-18-19(15-24)25-26-22(18)23(28)27-12-13-27/h3-11,14H,12-13,15H2,1-2H3,(H,25,26). The van der Waals surface area contributed by atoms with E-state index in [0.717, 1.165) is 35.5 Å². The lowest BCUT2D eigenvalue weighted by Crippen LogP contribution is -2.30. The molecule has 0 radical (unpaired) electrons. The van der Waals surface area contributed by atoms with Gasteiger partial charge < -0.3 is 14.4 Å². The van der Waals surface area contributed by atoms with Crippen LogP contribution < -0.4 is 9.47 Å². The van der Waals surface area contributed by atoms with Gasteiger partial charge in [0.1, 0.15) is 0 Å². The van der Waals surface area contributed by atoms with E-state index in [0.29, 0.717) is 23.6 Å². The van der Waals surface area contributed by atoms with Gasteiger partial charge in [-0.25, -0.2) is 0 Å². The van der Waals surface area contributed by atoms with Crippen LogP contribution in [0.3, 0.4) is 0 Å². The van der Waals surface area contributed by atoms with E-state index in [1.54, 1.807) is 19.1 Å². The molecule has 1 fully saturated rings. The molecule has 0 spiro atoms. The summed E-state index contributed by atoms with van der Waals surface area (Å²) in [6, 6.07) is 16.4. The number of allylic oxidation sites excluding steroid dienone is 1. The lowest BCUT2D eigenvalue weighted by atomic mass is 9.68. The van der Waals surface area contributed by atoms with Crippen LogP contribution in [0.4, 0.5) is 0 Å². The first kappa shape index (κ1) is 18.5. The second-order valence-electron chi connectivity index (χ2n) is 7.67. The number of hydrogen-bond donors (Lipinski definition) is 1. The number of fused-ring (bicyclic) bond motifs is 1. The third-order valence-electron chi connectivity index (χ3n) is 6.00. The van der Waals surface area contributed by atoms with E-state index >= 15 is 0 Å². The molecule has 0 bridgehead atoms. The monoisotopic (exact) mass is 401 g/mol. The minimum absolute atomic E-state index is 0.00419. The molecule has 1 N–H and O–H groups in total. The molecule has 1 aliphatic carbocycles. The first-order valence-corrected chi connectivity index (χ1v) is 10.00. The predicted octanol–water partition coefficient (Wildman–Crippen LogP) is 3.44. The van der Waals surface area contributed by atoms with E-state index in [4.69, 9.17) is 9.47 Å². The molecule has 6 heteroatoms. The Bertz CT molecular complexity index is 1130. The number of H-pyrrole nitrogens is 1. The van der Waals surface area contributed by atoms with Gasteiger partial charge in [0.15, 0.2) is 17.2 Å². The Morgan fingerprint density at radius 3 is 2.50 bits per heavy atom. The van der Waals surface area contributed by atoms with Crippen molar-refractivity contribution in [2.75, 3.05) is 27.3 Å². The molecule has 2 heterocycles. The fraction of sp³-hybridized carbons (Fsp3) is 0.250. The maximum atomic E-state index is 12.6. The van der Waals surface area contributed by atoms with E-state index in [-0.39, 0.29) is 5.91 Å². The maximum absolute atomic E-state index is 12.6. The van der Waals surface area contributed by atoms with Gasteiger partial charge in [-0.2, -0.15) is 5.10 Å². The molecule has 6 nitrogen and oxygen atoms in total. The quantitative estimate of drug-likeness (QED) is 0.665. The first-order chi connectivity index (χ1) is 14.7. The Hall–Kier alpha value is -3.54. The van der Waals surface area contributed by atoms with Crippen LogP contribution in [-0.2, 0) is 11.8 Å². The van der Waals surface area contributed by atoms with Crippen LogP contribution >= 0.6 is 0 Å². The first-order valence-electron chi connectivity index (χ1n) is 10.00. The van der Waals surface area contributed by atoms with Crippen LogP contribution in [0.25, 0.3) is 6.08 Å². The highest BCUT2D eigenvalue weighted by atomic mass is 16.5. The summed E-state index contributed by atoms with van der Waals surface area (Å²) in [6.07, 6.45) is 4.88. The zero-order valence-corrected chi connectivity index (χ0v) is 17.0. The zero-order valence-electron chi connectivity index (χ0n) is 17.0. The number of nitrogens with zero attached hydrogens (tertiary/aromatic N) is 2. The lowest BCUT2D eigenvalue weighted by molar-refractivity contribution is 0.0880. The average Bonchev–Trinajstić information content (AvgIpc) is 3.57. The van der Waals surface area contributed by atoms with Gasteiger partial charge in [0.2, 0.25) is 0 Å². The highest BCUT2D eigenvalue weighted by molar-refractivity contribution is 5.97. The molecule has 1 amide bonds. The summed E-state index contributed by atoms with van der Waals surface area (Å²) < 4.78 is 11.0. The number of ether oxygens (including phenoxy) is 2. The maximum Gasteiger partial charge on any atom is 0.275 e. The van der Waals surface area contributed by atoms with Gasteiger partial charge in [-0.05, 0) is 23.3 Å². The molecular weight excluding hydrogens is 378 g/mol. The normalized spacial score (nSPS) is 19.3. The minimum Gasteiger partial charge on any atom is -0.493 e. The number of aromatic nitrogens is 2. The molecule has 30 heavy (non-hydrogen) atoms. The summed E-state index contributed by atoms with van der Waals surface area (Å²) in [5.74, 6) is 1.37. The van der Waals surface area contributed by atoms with Gasteiger partial charge in [-0.15, -0.1) is 0 Å². The van der Waals surface area contributed by atoms with Crippen LogP contribution in [-0.4, -0.2) is 48.3 Å². The smallest absolute Gasteiger partial charge is 0.275 e. The van der Waals surface area contributed by atoms with Gasteiger partial charge >= 0.3 is 0 Å². The SMILES string of the molecule is COc1ccc(C2(c3ccccc3)C=Cc3c(C(=O)N4CC4)n[nH]c3C2)cc1OC. The number of carbonyl (C=O) groups excluding carboxylic acids is 1. The van der Waals surface area contributed by atoms with Crippen molar-refractivity contribution in [3.05, 3.63) is 82.7 Å². The van der Waals surface area contributed by atoms with Crippen molar-refractivity contribution in [2.45, 2.75) is 11.8 Å². The van der Waals surface area contributed by atoms with Crippen LogP contribution in [0.15, 0.2) is 54.6 Å². The number of benzene rings is 2. The summed E-state index contributed by atoms with van der Waals surface area (Å²) in [5.41, 5.74) is 4.18. The van der Waals surface area contributed by atoms with Crippen LogP contribution in [0, 0.1) is 0 Å². The Morgan fingerprint density at radius 2 is 1.80 bits per heavy atom. The second-order valence-corrected chi connectivity index (χ2v) is 7.67. The molecule has 5 rings (SSSR count). The van der Waals surface area contributed by atoms with Gasteiger partial charge in [0.05, 0.1) is 14.2 Å². The summed E-state index contributed by atoms with van der Waals surface area (Å²) in [7, 11) is 3.28. The van der Waals surface area contributed by atoms with Gasteiger partial charge in [-0.1, -0.05) is 48.6 Å². The third kappa shape index (κ3) is 2.87. The summed E-state index contributed by atoms with van der Waals surface area (Å²) >= 11 is 0. The molecule has 1 saturated heterocycles. The number of methoxy groups -OCH3 is 2. The Morgan fingerprint density at radius 1 is 1.03 bits per heavy atom. The highest BCUT2D eigenvalue weighted by Gasteiger charge is 2.39. The fourth-order valence-electron chi connectivity index (χ4n) is 4.24. The number of nitrogens with one attached hydrogen (secondary N) is 1. The Balaban J connectivity index is 1.64. The number of amides is 1. The van der Waals surface area contributed by atoms with Crippen molar-refractivity contribution >= 4 is 12.0 Å². The number of carbonyl (C=O) groups is 1. The molecule has 2 aliphatic rings. The van der Waals surface area contributed by atoms with E-state index in [1.807, 2.05) is 36.4 Å². The Kier molecular flexibility index (Phi) is 4.35. The average molecular weight is 401 g/mol. The zero-order chi connectivity index (χ0) is 20.7.